The van der Waals surface area contributed by atoms with E-state index in [9.17, 15) is 9.59 Å². The molecule has 4 heteroatoms. The van der Waals surface area contributed by atoms with Crippen LogP contribution in [-0.4, -0.2) is 34.7 Å². The average Bonchev–Trinajstić information content (AvgIpc) is 2.86. The van der Waals surface area contributed by atoms with Crippen molar-refractivity contribution in [2.75, 3.05) is 13.1 Å². The highest BCUT2D eigenvalue weighted by Crippen LogP contribution is 2.24. The summed E-state index contributed by atoms with van der Waals surface area (Å²) in [6.45, 7) is 7.72. The van der Waals surface area contributed by atoms with E-state index in [1.807, 2.05) is 30.5 Å². The molecule has 1 amide bonds. The number of aldehydes is 1. The SMILES string of the molecule is CCc1cccc2c(C=O)cn(CC(=O)N(CC)CC)c12. The van der Waals surface area contributed by atoms with Gasteiger partial charge in [-0.2, -0.15) is 0 Å². The first-order valence-corrected chi connectivity index (χ1v) is 7.49. The van der Waals surface area contributed by atoms with E-state index >= 15 is 0 Å². The molecule has 1 aromatic carbocycles. The number of hydrogen-bond donors (Lipinski definition) is 0. The van der Waals surface area contributed by atoms with E-state index in [-0.39, 0.29) is 12.5 Å². The maximum Gasteiger partial charge on any atom is 0.242 e. The van der Waals surface area contributed by atoms with E-state index in [0.717, 1.165) is 29.2 Å². The number of aromatic nitrogens is 1. The average molecular weight is 286 g/mol. The van der Waals surface area contributed by atoms with E-state index < -0.39 is 0 Å². The molecule has 0 aliphatic heterocycles. The predicted molar refractivity (Wildman–Crippen MR) is 84.6 cm³/mol. The van der Waals surface area contributed by atoms with Gasteiger partial charge in [-0.15, -0.1) is 0 Å². The van der Waals surface area contributed by atoms with Crippen molar-refractivity contribution in [3.05, 3.63) is 35.5 Å². The lowest BCUT2D eigenvalue weighted by Crippen LogP contribution is -2.33. The van der Waals surface area contributed by atoms with Crippen LogP contribution in [0.15, 0.2) is 24.4 Å². The summed E-state index contributed by atoms with van der Waals surface area (Å²) in [5.41, 5.74) is 2.81. The molecule has 1 heterocycles. The summed E-state index contributed by atoms with van der Waals surface area (Å²) in [5.74, 6) is 0.0836. The summed E-state index contributed by atoms with van der Waals surface area (Å²) in [7, 11) is 0. The third-order valence-corrected chi connectivity index (χ3v) is 3.94. The van der Waals surface area contributed by atoms with Crippen LogP contribution >= 0.6 is 0 Å². The highest BCUT2D eigenvalue weighted by Gasteiger charge is 2.15. The van der Waals surface area contributed by atoms with Crippen molar-refractivity contribution in [3.8, 4) is 0 Å². The maximum atomic E-state index is 12.3. The predicted octanol–water partition coefficient (Wildman–Crippen LogP) is 2.88. The first-order chi connectivity index (χ1) is 10.2. The summed E-state index contributed by atoms with van der Waals surface area (Å²) in [5, 5.41) is 0.927. The molecule has 21 heavy (non-hydrogen) atoms. The minimum absolute atomic E-state index is 0.0836. The van der Waals surface area contributed by atoms with Gasteiger partial charge in [-0.25, -0.2) is 0 Å². The van der Waals surface area contributed by atoms with E-state index in [2.05, 4.69) is 13.0 Å². The maximum absolute atomic E-state index is 12.3. The zero-order valence-corrected chi connectivity index (χ0v) is 12.9. The van der Waals surface area contributed by atoms with Gasteiger partial charge in [0, 0.05) is 30.2 Å². The number of para-hydroxylation sites is 1. The number of carbonyl (C=O) groups is 2. The third-order valence-electron chi connectivity index (χ3n) is 3.94. The van der Waals surface area contributed by atoms with Gasteiger partial charge in [-0.3, -0.25) is 9.59 Å². The van der Waals surface area contributed by atoms with Crippen molar-refractivity contribution in [2.24, 2.45) is 0 Å². The lowest BCUT2D eigenvalue weighted by Gasteiger charge is -2.19. The molecule has 112 valence electrons. The van der Waals surface area contributed by atoms with Gasteiger partial charge in [0.2, 0.25) is 5.91 Å². The highest BCUT2D eigenvalue weighted by molar-refractivity contribution is 5.99. The van der Waals surface area contributed by atoms with Crippen LogP contribution in [0.4, 0.5) is 0 Å². The van der Waals surface area contributed by atoms with E-state index in [1.165, 1.54) is 0 Å². The van der Waals surface area contributed by atoms with Gasteiger partial charge in [0.1, 0.15) is 6.54 Å². The molecule has 2 rings (SSSR count). The molecule has 0 saturated carbocycles. The monoisotopic (exact) mass is 286 g/mol. The number of likely N-dealkylation sites (N-methyl/N-ethyl adjacent to an activating group) is 1. The summed E-state index contributed by atoms with van der Waals surface area (Å²) < 4.78 is 1.92. The molecule has 0 saturated heterocycles. The standard InChI is InChI=1S/C17H22N2O2/c1-4-13-8-7-9-15-14(12-20)10-19(17(13)15)11-16(21)18(5-2)6-3/h7-10,12H,4-6,11H2,1-3H3. The second-order valence-corrected chi connectivity index (χ2v) is 5.06. The van der Waals surface area contributed by atoms with Crippen molar-refractivity contribution >= 4 is 23.1 Å². The molecular formula is C17H22N2O2. The lowest BCUT2D eigenvalue weighted by molar-refractivity contribution is -0.131. The van der Waals surface area contributed by atoms with Gasteiger partial charge < -0.3 is 9.47 Å². The molecule has 0 bridgehead atoms. The van der Waals surface area contributed by atoms with Crippen LogP contribution in [0.1, 0.15) is 36.7 Å². The van der Waals surface area contributed by atoms with Crippen molar-refractivity contribution in [1.29, 1.82) is 0 Å². The summed E-state index contributed by atoms with van der Waals surface area (Å²) in [6, 6.07) is 5.95. The first-order valence-electron chi connectivity index (χ1n) is 7.49. The first kappa shape index (κ1) is 15.3. The van der Waals surface area contributed by atoms with Gasteiger partial charge in [0.05, 0.1) is 5.52 Å². The van der Waals surface area contributed by atoms with Crippen LogP contribution in [0.2, 0.25) is 0 Å². The normalized spacial score (nSPS) is 10.8. The lowest BCUT2D eigenvalue weighted by atomic mass is 10.1. The molecule has 0 atom stereocenters. The Morgan fingerprint density at radius 2 is 1.95 bits per heavy atom. The number of hydrogen-bond acceptors (Lipinski definition) is 2. The van der Waals surface area contributed by atoms with Crippen molar-refractivity contribution in [2.45, 2.75) is 33.7 Å². The number of benzene rings is 1. The minimum Gasteiger partial charge on any atom is -0.342 e. The summed E-state index contributed by atoms with van der Waals surface area (Å²) in [4.78, 5) is 25.4. The molecule has 2 aromatic rings. The fourth-order valence-corrected chi connectivity index (χ4v) is 2.79. The van der Waals surface area contributed by atoms with Gasteiger partial charge in [0.25, 0.3) is 0 Å². The van der Waals surface area contributed by atoms with Crippen LogP contribution in [-0.2, 0) is 17.8 Å². The number of fused-ring (bicyclic) bond motifs is 1. The zero-order valence-electron chi connectivity index (χ0n) is 12.9. The number of amides is 1. The van der Waals surface area contributed by atoms with E-state index in [1.54, 1.807) is 11.1 Å². The Morgan fingerprint density at radius 3 is 2.52 bits per heavy atom. The van der Waals surface area contributed by atoms with Crippen LogP contribution < -0.4 is 0 Å². The topological polar surface area (TPSA) is 42.3 Å². The quantitative estimate of drug-likeness (QED) is 0.766. The van der Waals surface area contributed by atoms with Crippen molar-refractivity contribution in [3.63, 3.8) is 0 Å². The van der Waals surface area contributed by atoms with Gasteiger partial charge in [-0.1, -0.05) is 25.1 Å². The molecule has 0 spiro atoms. The Morgan fingerprint density at radius 1 is 1.24 bits per heavy atom. The van der Waals surface area contributed by atoms with Crippen molar-refractivity contribution < 1.29 is 9.59 Å². The molecule has 0 unspecified atom stereocenters. The summed E-state index contributed by atoms with van der Waals surface area (Å²) in [6.07, 6.45) is 3.53. The Bertz CT molecular complexity index is 654. The van der Waals surface area contributed by atoms with Crippen LogP contribution in [0, 0.1) is 0 Å². The Labute approximate surface area is 125 Å². The number of aryl methyl sites for hydroxylation is 1. The largest absolute Gasteiger partial charge is 0.342 e. The van der Waals surface area contributed by atoms with Gasteiger partial charge >= 0.3 is 0 Å². The molecule has 0 N–H and O–H groups in total. The third kappa shape index (κ3) is 2.84. The molecule has 1 aromatic heterocycles. The fraction of sp³-hybridized carbons (Fsp3) is 0.412. The second kappa shape index (κ2) is 6.57. The molecular weight excluding hydrogens is 264 g/mol. The van der Waals surface area contributed by atoms with Gasteiger partial charge in [0.15, 0.2) is 6.29 Å². The highest BCUT2D eigenvalue weighted by atomic mass is 16.2. The Hall–Kier alpha value is -2.10. The fourth-order valence-electron chi connectivity index (χ4n) is 2.79. The molecule has 4 nitrogen and oxygen atoms in total. The van der Waals surface area contributed by atoms with E-state index in [4.69, 9.17) is 0 Å². The number of rotatable bonds is 6. The summed E-state index contributed by atoms with van der Waals surface area (Å²) >= 11 is 0. The van der Waals surface area contributed by atoms with Gasteiger partial charge in [-0.05, 0) is 25.8 Å². The molecule has 0 aliphatic carbocycles. The Kier molecular flexibility index (Phi) is 4.78. The molecule has 0 aliphatic rings. The van der Waals surface area contributed by atoms with Crippen LogP contribution in [0.5, 0.6) is 0 Å². The van der Waals surface area contributed by atoms with Crippen molar-refractivity contribution in [1.82, 2.24) is 9.47 Å². The second-order valence-electron chi connectivity index (χ2n) is 5.06. The van der Waals surface area contributed by atoms with E-state index in [0.29, 0.717) is 18.7 Å². The Balaban J connectivity index is 2.48. The van der Waals surface area contributed by atoms with Crippen LogP contribution in [0.25, 0.3) is 10.9 Å². The number of carbonyl (C=O) groups excluding carboxylic acids is 2. The zero-order chi connectivity index (χ0) is 15.4. The van der Waals surface area contributed by atoms with Crippen LogP contribution in [0.3, 0.4) is 0 Å². The minimum atomic E-state index is 0.0836. The number of nitrogens with zero attached hydrogens (tertiary/aromatic N) is 2. The molecule has 0 radical (unpaired) electrons. The smallest absolute Gasteiger partial charge is 0.242 e. The molecule has 0 fully saturated rings.